The normalized spacial score (nSPS) is 11.8. The predicted molar refractivity (Wildman–Crippen MR) is 67.4 cm³/mol. The highest BCUT2D eigenvalue weighted by Crippen LogP contribution is 2.22. The lowest BCUT2D eigenvalue weighted by molar-refractivity contribution is 0.0683. The topological polar surface area (TPSA) is 55.1 Å². The summed E-state index contributed by atoms with van der Waals surface area (Å²) < 4.78 is 1.62. The van der Waals surface area contributed by atoms with E-state index in [0.717, 1.165) is 25.0 Å². The van der Waals surface area contributed by atoms with Gasteiger partial charge in [-0.05, 0) is 12.5 Å². The lowest BCUT2D eigenvalue weighted by atomic mass is 9.92. The first kappa shape index (κ1) is 13.7. The molecule has 0 aliphatic carbocycles. The van der Waals surface area contributed by atoms with Gasteiger partial charge in [-0.3, -0.25) is 4.68 Å². The van der Waals surface area contributed by atoms with Crippen molar-refractivity contribution in [3.8, 4) is 0 Å². The maximum atomic E-state index is 11.1. The molecule has 1 aromatic rings. The first-order chi connectivity index (χ1) is 7.86. The van der Waals surface area contributed by atoms with Crippen molar-refractivity contribution in [3.05, 3.63) is 17.5 Å². The van der Waals surface area contributed by atoms with E-state index >= 15 is 0 Å². The number of nitrogens with zero attached hydrogens (tertiary/aromatic N) is 2. The van der Waals surface area contributed by atoms with Gasteiger partial charge in [0.15, 0.2) is 0 Å². The quantitative estimate of drug-likeness (QED) is 0.802. The summed E-state index contributed by atoms with van der Waals surface area (Å²) in [6.45, 7) is 8.93. The monoisotopic (exact) mass is 238 g/mol. The lowest BCUT2D eigenvalue weighted by Crippen LogP contribution is -2.13. The Morgan fingerprint density at radius 1 is 1.41 bits per heavy atom. The van der Waals surface area contributed by atoms with Crippen molar-refractivity contribution >= 4 is 5.97 Å². The maximum Gasteiger partial charge on any atom is 0.354 e. The highest BCUT2D eigenvalue weighted by atomic mass is 16.4. The van der Waals surface area contributed by atoms with E-state index in [1.165, 1.54) is 0 Å². The zero-order chi connectivity index (χ0) is 13.1. The van der Waals surface area contributed by atoms with E-state index in [1.807, 2.05) is 20.8 Å². The molecule has 0 spiro atoms. The molecule has 1 aromatic heterocycles. The van der Waals surface area contributed by atoms with Gasteiger partial charge >= 0.3 is 5.97 Å². The molecular weight excluding hydrogens is 216 g/mol. The molecule has 0 fully saturated rings. The van der Waals surface area contributed by atoms with Gasteiger partial charge < -0.3 is 5.11 Å². The fourth-order valence-corrected chi connectivity index (χ4v) is 1.64. The van der Waals surface area contributed by atoms with Crippen LogP contribution >= 0.6 is 0 Å². The van der Waals surface area contributed by atoms with Crippen molar-refractivity contribution in [2.24, 2.45) is 0 Å². The van der Waals surface area contributed by atoms with Gasteiger partial charge in [0.1, 0.15) is 5.69 Å². The number of hydrogen-bond donors (Lipinski definition) is 1. The minimum Gasteiger partial charge on any atom is -0.477 e. The van der Waals surface area contributed by atoms with E-state index in [4.69, 9.17) is 5.11 Å². The Hall–Kier alpha value is -1.32. The van der Waals surface area contributed by atoms with Crippen LogP contribution in [0.15, 0.2) is 6.07 Å². The summed E-state index contributed by atoms with van der Waals surface area (Å²) in [5.41, 5.74) is 1.03. The standard InChI is InChI=1S/C13H22N2O2/c1-5-6-7-8-15-10(12(16)17)9-11(14-15)13(2,3)4/h9H,5-8H2,1-4H3,(H,16,17). The van der Waals surface area contributed by atoms with Gasteiger partial charge in [0.25, 0.3) is 0 Å². The van der Waals surface area contributed by atoms with Crippen molar-refractivity contribution in [3.63, 3.8) is 0 Å². The van der Waals surface area contributed by atoms with Crippen molar-refractivity contribution in [2.45, 2.75) is 58.9 Å². The van der Waals surface area contributed by atoms with Gasteiger partial charge in [-0.1, -0.05) is 40.5 Å². The van der Waals surface area contributed by atoms with Crippen LogP contribution in [-0.4, -0.2) is 20.9 Å². The second-order valence-corrected chi connectivity index (χ2v) is 5.40. The molecule has 0 aromatic carbocycles. The average Bonchev–Trinajstić information content (AvgIpc) is 2.61. The molecule has 0 saturated heterocycles. The summed E-state index contributed by atoms with van der Waals surface area (Å²) in [6, 6.07) is 1.69. The highest BCUT2D eigenvalue weighted by Gasteiger charge is 2.22. The molecule has 0 aliphatic rings. The van der Waals surface area contributed by atoms with Gasteiger partial charge in [0, 0.05) is 12.0 Å². The van der Waals surface area contributed by atoms with Crippen molar-refractivity contribution < 1.29 is 9.90 Å². The number of hydrogen-bond acceptors (Lipinski definition) is 2. The lowest BCUT2D eigenvalue weighted by Gasteiger charge is -2.14. The van der Waals surface area contributed by atoms with Gasteiger partial charge in [0.2, 0.25) is 0 Å². The van der Waals surface area contributed by atoms with Crippen LogP contribution < -0.4 is 0 Å². The van der Waals surface area contributed by atoms with Crippen LogP contribution in [0.5, 0.6) is 0 Å². The molecule has 0 bridgehead atoms. The molecule has 0 atom stereocenters. The largest absolute Gasteiger partial charge is 0.477 e. The Labute approximate surface area is 103 Å². The summed E-state index contributed by atoms with van der Waals surface area (Å²) in [6.07, 6.45) is 3.20. The summed E-state index contributed by atoms with van der Waals surface area (Å²) in [4.78, 5) is 11.1. The first-order valence-electron chi connectivity index (χ1n) is 6.18. The predicted octanol–water partition coefficient (Wildman–Crippen LogP) is 3.07. The van der Waals surface area contributed by atoms with E-state index in [0.29, 0.717) is 12.2 Å². The van der Waals surface area contributed by atoms with Gasteiger partial charge in [-0.2, -0.15) is 5.10 Å². The minimum atomic E-state index is -0.899. The number of aryl methyl sites for hydroxylation is 1. The highest BCUT2D eigenvalue weighted by molar-refractivity contribution is 5.85. The SMILES string of the molecule is CCCCCn1nc(C(C)(C)C)cc1C(=O)O. The Balaban J connectivity index is 2.94. The van der Waals surface area contributed by atoms with E-state index in [-0.39, 0.29) is 5.41 Å². The minimum absolute atomic E-state index is 0.111. The van der Waals surface area contributed by atoms with Crippen LogP contribution in [0, 0.1) is 0 Å². The number of unbranched alkanes of at least 4 members (excludes halogenated alkanes) is 2. The van der Waals surface area contributed by atoms with E-state index in [9.17, 15) is 4.79 Å². The zero-order valence-electron chi connectivity index (χ0n) is 11.2. The smallest absolute Gasteiger partial charge is 0.354 e. The number of carbonyl (C=O) groups is 1. The molecule has 4 nitrogen and oxygen atoms in total. The summed E-state index contributed by atoms with van der Waals surface area (Å²) >= 11 is 0. The van der Waals surface area contributed by atoms with Crippen molar-refractivity contribution in [1.29, 1.82) is 0 Å². The molecule has 96 valence electrons. The fraction of sp³-hybridized carbons (Fsp3) is 0.692. The maximum absolute atomic E-state index is 11.1. The number of rotatable bonds is 5. The van der Waals surface area contributed by atoms with E-state index in [1.54, 1.807) is 10.7 Å². The van der Waals surface area contributed by atoms with Gasteiger partial charge in [-0.15, -0.1) is 0 Å². The van der Waals surface area contributed by atoms with Crippen LogP contribution in [0.25, 0.3) is 0 Å². The molecule has 0 amide bonds. The third-order valence-corrected chi connectivity index (χ3v) is 2.74. The Morgan fingerprint density at radius 2 is 2.06 bits per heavy atom. The van der Waals surface area contributed by atoms with Crippen molar-refractivity contribution in [1.82, 2.24) is 9.78 Å². The molecule has 1 N–H and O–H groups in total. The summed E-state index contributed by atoms with van der Waals surface area (Å²) in [5, 5.41) is 13.6. The number of carboxylic acids is 1. The first-order valence-corrected chi connectivity index (χ1v) is 6.18. The molecule has 4 heteroatoms. The van der Waals surface area contributed by atoms with Crippen LogP contribution in [-0.2, 0) is 12.0 Å². The summed E-state index contributed by atoms with van der Waals surface area (Å²) in [5.74, 6) is -0.899. The molecule has 0 aliphatic heterocycles. The van der Waals surface area contributed by atoms with Crippen LogP contribution in [0.1, 0.15) is 63.1 Å². The van der Waals surface area contributed by atoms with Gasteiger partial charge in [0.05, 0.1) is 5.69 Å². The molecule has 0 saturated carbocycles. The number of aromatic carboxylic acids is 1. The Kier molecular flexibility index (Phi) is 4.32. The molecular formula is C13H22N2O2. The second-order valence-electron chi connectivity index (χ2n) is 5.40. The number of carboxylic acid groups (broad SMARTS) is 1. The molecule has 1 heterocycles. The van der Waals surface area contributed by atoms with Crippen LogP contribution in [0.2, 0.25) is 0 Å². The number of aromatic nitrogens is 2. The zero-order valence-corrected chi connectivity index (χ0v) is 11.2. The molecule has 17 heavy (non-hydrogen) atoms. The molecule has 0 unspecified atom stereocenters. The van der Waals surface area contributed by atoms with E-state index < -0.39 is 5.97 Å². The molecule has 0 radical (unpaired) electrons. The Bertz CT molecular complexity index is 389. The average molecular weight is 238 g/mol. The third-order valence-electron chi connectivity index (χ3n) is 2.74. The van der Waals surface area contributed by atoms with Crippen LogP contribution in [0.4, 0.5) is 0 Å². The van der Waals surface area contributed by atoms with Gasteiger partial charge in [-0.25, -0.2) is 4.79 Å². The summed E-state index contributed by atoms with van der Waals surface area (Å²) in [7, 11) is 0. The third kappa shape index (κ3) is 3.58. The fourth-order valence-electron chi connectivity index (χ4n) is 1.64. The van der Waals surface area contributed by atoms with Crippen molar-refractivity contribution in [2.75, 3.05) is 0 Å². The van der Waals surface area contributed by atoms with E-state index in [2.05, 4.69) is 12.0 Å². The Morgan fingerprint density at radius 3 is 2.53 bits per heavy atom. The second kappa shape index (κ2) is 5.34. The van der Waals surface area contributed by atoms with Crippen LogP contribution in [0.3, 0.4) is 0 Å². The molecule has 1 rings (SSSR count).